The molecule has 0 aliphatic carbocycles. The largest absolute Gasteiger partial charge is 0.416 e. The van der Waals surface area contributed by atoms with Gasteiger partial charge < -0.3 is 15.2 Å². The quantitative estimate of drug-likeness (QED) is 0.888. The molecule has 2 atom stereocenters. The topological polar surface area (TPSA) is 44.5 Å². The van der Waals surface area contributed by atoms with Gasteiger partial charge in [0.25, 0.3) is 0 Å². The Morgan fingerprint density at radius 3 is 2.39 bits per heavy atom. The summed E-state index contributed by atoms with van der Waals surface area (Å²) < 4.78 is 48.3. The van der Waals surface area contributed by atoms with Gasteiger partial charge in [-0.3, -0.25) is 0 Å². The second-order valence-electron chi connectivity index (χ2n) is 4.31. The van der Waals surface area contributed by atoms with Crippen molar-refractivity contribution in [3.63, 3.8) is 0 Å². The fraction of sp³-hybridized carbons (Fsp3) is 0.500. The number of benzene rings is 1. The zero-order chi connectivity index (χ0) is 13.4. The van der Waals surface area contributed by atoms with E-state index >= 15 is 0 Å². The predicted octanol–water partition coefficient (Wildman–Crippen LogP) is 2.25. The van der Waals surface area contributed by atoms with Crippen molar-refractivity contribution in [1.82, 2.24) is 0 Å². The molecule has 0 radical (unpaired) electrons. The third-order valence-corrected chi connectivity index (χ3v) is 2.94. The molecule has 6 heteroatoms. The molecule has 2 N–H and O–H groups in total. The molecule has 100 valence electrons. The van der Waals surface area contributed by atoms with Crippen LogP contribution in [0, 0.1) is 0 Å². The lowest BCUT2D eigenvalue weighted by Gasteiger charge is -2.24. The molecule has 18 heavy (non-hydrogen) atoms. The first-order valence-corrected chi connectivity index (χ1v) is 5.55. The highest BCUT2D eigenvalue weighted by atomic mass is 19.4. The fourth-order valence-electron chi connectivity index (χ4n) is 1.87. The molecule has 1 fully saturated rings. The van der Waals surface area contributed by atoms with Gasteiger partial charge in [-0.25, -0.2) is 0 Å². The maximum atomic E-state index is 12.4. The molecule has 0 spiro atoms. The summed E-state index contributed by atoms with van der Waals surface area (Å²) in [6.45, 7) is 2.33. The van der Waals surface area contributed by atoms with Gasteiger partial charge in [0.2, 0.25) is 0 Å². The Bertz CT molecular complexity index is 418. The number of nitrogens with two attached hydrogens (primary N) is 1. The lowest BCUT2D eigenvalue weighted by Crippen LogP contribution is -2.27. The summed E-state index contributed by atoms with van der Waals surface area (Å²) in [5.41, 5.74) is 5.32. The van der Waals surface area contributed by atoms with E-state index in [1.54, 1.807) is 6.92 Å². The molecule has 2 unspecified atom stereocenters. The van der Waals surface area contributed by atoms with Crippen LogP contribution in [0.1, 0.15) is 18.1 Å². The van der Waals surface area contributed by atoms with E-state index in [2.05, 4.69) is 0 Å². The van der Waals surface area contributed by atoms with E-state index in [-0.39, 0.29) is 6.10 Å². The zero-order valence-corrected chi connectivity index (χ0v) is 9.83. The minimum Gasteiger partial charge on any atom is -0.343 e. The Balaban J connectivity index is 2.20. The molecule has 0 saturated carbocycles. The van der Waals surface area contributed by atoms with E-state index < -0.39 is 17.5 Å². The summed E-state index contributed by atoms with van der Waals surface area (Å²) in [5, 5.41) is 0. The SMILES string of the molecule is CC1(c2ccc(C(F)(F)F)cc2)OCC(CN)O1. The molecule has 0 bridgehead atoms. The van der Waals surface area contributed by atoms with Crippen LogP contribution in [-0.2, 0) is 21.4 Å². The summed E-state index contributed by atoms with van der Waals surface area (Å²) in [4.78, 5) is 0. The third kappa shape index (κ3) is 2.50. The Morgan fingerprint density at radius 2 is 1.94 bits per heavy atom. The molecular formula is C12H14F3NO2. The van der Waals surface area contributed by atoms with Crippen molar-refractivity contribution < 1.29 is 22.6 Å². The standard InChI is InChI=1S/C12H14F3NO2/c1-11(17-7-10(6-16)18-11)8-2-4-9(5-3-8)12(13,14)15/h2-5,10H,6-7,16H2,1H3. The number of rotatable bonds is 2. The molecule has 1 aromatic rings. The number of ether oxygens (including phenoxy) is 2. The molecule has 1 aliphatic heterocycles. The molecule has 3 nitrogen and oxygen atoms in total. The van der Waals surface area contributed by atoms with Gasteiger partial charge in [-0.05, 0) is 19.1 Å². The Kier molecular flexibility index (Phi) is 3.35. The van der Waals surface area contributed by atoms with E-state index in [9.17, 15) is 13.2 Å². The average molecular weight is 261 g/mol. The maximum absolute atomic E-state index is 12.4. The fourth-order valence-corrected chi connectivity index (χ4v) is 1.87. The van der Waals surface area contributed by atoms with Crippen molar-refractivity contribution in [2.75, 3.05) is 13.2 Å². The highest BCUT2D eigenvalue weighted by molar-refractivity contribution is 5.27. The molecule has 1 aliphatic rings. The molecule has 0 amide bonds. The summed E-state index contributed by atoms with van der Waals surface area (Å²) in [5.74, 6) is -1.02. The summed E-state index contributed by atoms with van der Waals surface area (Å²) in [6, 6.07) is 4.76. The summed E-state index contributed by atoms with van der Waals surface area (Å²) in [6.07, 6.45) is -4.56. The lowest BCUT2D eigenvalue weighted by molar-refractivity contribution is -0.161. The highest BCUT2D eigenvalue weighted by Gasteiger charge is 2.39. The number of halogens is 3. The molecule has 0 aromatic heterocycles. The maximum Gasteiger partial charge on any atom is 0.416 e. The van der Waals surface area contributed by atoms with Crippen LogP contribution >= 0.6 is 0 Å². The van der Waals surface area contributed by atoms with E-state index in [0.29, 0.717) is 18.7 Å². The second kappa shape index (κ2) is 4.53. The van der Waals surface area contributed by atoms with Gasteiger partial charge in [0.15, 0.2) is 5.79 Å². The van der Waals surface area contributed by atoms with Gasteiger partial charge in [-0.1, -0.05) is 12.1 Å². The Hall–Kier alpha value is -1.11. The lowest BCUT2D eigenvalue weighted by atomic mass is 10.1. The van der Waals surface area contributed by atoms with Crippen molar-refractivity contribution in [3.8, 4) is 0 Å². The van der Waals surface area contributed by atoms with Crippen molar-refractivity contribution >= 4 is 0 Å². The average Bonchev–Trinajstić information content (AvgIpc) is 2.72. The minimum absolute atomic E-state index is 0.225. The predicted molar refractivity (Wildman–Crippen MR) is 58.7 cm³/mol. The number of hydrogen-bond acceptors (Lipinski definition) is 3. The van der Waals surface area contributed by atoms with Crippen molar-refractivity contribution in [2.45, 2.75) is 25.0 Å². The van der Waals surface area contributed by atoms with E-state index in [1.807, 2.05) is 0 Å². The van der Waals surface area contributed by atoms with Crippen LogP contribution in [0.4, 0.5) is 13.2 Å². The zero-order valence-electron chi connectivity index (χ0n) is 9.83. The van der Waals surface area contributed by atoms with E-state index in [1.165, 1.54) is 12.1 Å². The van der Waals surface area contributed by atoms with Gasteiger partial charge in [0.05, 0.1) is 18.3 Å². The van der Waals surface area contributed by atoms with Crippen LogP contribution in [0.15, 0.2) is 24.3 Å². The highest BCUT2D eigenvalue weighted by Crippen LogP contribution is 2.35. The molecule has 2 rings (SSSR count). The first-order chi connectivity index (χ1) is 8.35. The van der Waals surface area contributed by atoms with Crippen LogP contribution in [-0.4, -0.2) is 19.3 Å². The molecule has 1 saturated heterocycles. The Morgan fingerprint density at radius 1 is 1.33 bits per heavy atom. The van der Waals surface area contributed by atoms with Crippen molar-refractivity contribution in [3.05, 3.63) is 35.4 Å². The monoisotopic (exact) mass is 261 g/mol. The van der Waals surface area contributed by atoms with Gasteiger partial charge in [0, 0.05) is 12.1 Å². The molecular weight excluding hydrogens is 247 g/mol. The second-order valence-corrected chi connectivity index (χ2v) is 4.31. The molecule has 1 aromatic carbocycles. The van der Waals surface area contributed by atoms with E-state index in [0.717, 1.165) is 12.1 Å². The van der Waals surface area contributed by atoms with Gasteiger partial charge in [0.1, 0.15) is 0 Å². The van der Waals surface area contributed by atoms with Crippen LogP contribution in [0.2, 0.25) is 0 Å². The van der Waals surface area contributed by atoms with Crippen LogP contribution in [0.3, 0.4) is 0 Å². The molecule has 1 heterocycles. The normalized spacial score (nSPS) is 28.6. The van der Waals surface area contributed by atoms with Gasteiger partial charge >= 0.3 is 6.18 Å². The van der Waals surface area contributed by atoms with Crippen molar-refractivity contribution in [2.24, 2.45) is 5.73 Å². The Labute approximate surface area is 103 Å². The van der Waals surface area contributed by atoms with Crippen LogP contribution in [0.25, 0.3) is 0 Å². The summed E-state index contributed by atoms with van der Waals surface area (Å²) in [7, 11) is 0. The van der Waals surface area contributed by atoms with Crippen LogP contribution in [0.5, 0.6) is 0 Å². The minimum atomic E-state index is -4.34. The van der Waals surface area contributed by atoms with Gasteiger partial charge in [-0.2, -0.15) is 13.2 Å². The van der Waals surface area contributed by atoms with Crippen molar-refractivity contribution in [1.29, 1.82) is 0 Å². The first kappa shape index (κ1) is 13.3. The first-order valence-electron chi connectivity index (χ1n) is 5.55. The summed E-state index contributed by atoms with van der Waals surface area (Å²) >= 11 is 0. The third-order valence-electron chi connectivity index (χ3n) is 2.94. The number of hydrogen-bond donors (Lipinski definition) is 1. The van der Waals surface area contributed by atoms with E-state index in [4.69, 9.17) is 15.2 Å². The van der Waals surface area contributed by atoms with Gasteiger partial charge in [-0.15, -0.1) is 0 Å². The smallest absolute Gasteiger partial charge is 0.343 e. The van der Waals surface area contributed by atoms with Crippen LogP contribution < -0.4 is 5.73 Å². The number of alkyl halides is 3.